The molecule has 0 radical (unpaired) electrons. The van der Waals surface area contributed by atoms with E-state index in [0.717, 1.165) is 30.6 Å². The van der Waals surface area contributed by atoms with Crippen LogP contribution in [0.4, 0.5) is 0 Å². The van der Waals surface area contributed by atoms with E-state index in [-0.39, 0.29) is 30.6 Å². The Balaban J connectivity index is 1.61. The topological polar surface area (TPSA) is 102 Å². The summed E-state index contributed by atoms with van der Waals surface area (Å²) in [5.41, 5.74) is 0.137. The van der Waals surface area contributed by atoms with Crippen molar-refractivity contribution < 1.29 is 29.0 Å². The fourth-order valence-electron chi connectivity index (χ4n) is 5.19. The van der Waals surface area contributed by atoms with E-state index in [2.05, 4.69) is 5.32 Å². The Morgan fingerprint density at radius 1 is 0.972 bits per heavy atom. The molecule has 1 amide bonds. The molecular formula is C29H37NO6. The summed E-state index contributed by atoms with van der Waals surface area (Å²) in [5, 5.41) is 12.6. The molecule has 0 bridgehead atoms. The number of amides is 1. The molecule has 1 aliphatic rings. The third-order valence-electron chi connectivity index (χ3n) is 6.99. The number of rotatable bonds is 14. The summed E-state index contributed by atoms with van der Waals surface area (Å²) < 4.78 is 11.1. The molecule has 1 saturated carbocycles. The molecule has 2 aromatic carbocycles. The molecule has 3 atom stereocenters. The number of carbonyl (C=O) groups excluding carboxylic acids is 2. The lowest BCUT2D eigenvalue weighted by molar-refractivity contribution is -0.165. The van der Waals surface area contributed by atoms with E-state index in [0.29, 0.717) is 31.7 Å². The van der Waals surface area contributed by atoms with Crippen LogP contribution in [0.15, 0.2) is 54.6 Å². The first-order valence-electron chi connectivity index (χ1n) is 12.9. The Morgan fingerprint density at radius 2 is 1.67 bits per heavy atom. The third kappa shape index (κ3) is 7.09. The van der Waals surface area contributed by atoms with Crippen molar-refractivity contribution in [1.29, 1.82) is 0 Å². The minimum absolute atomic E-state index is 0.133. The second-order valence-electron chi connectivity index (χ2n) is 9.59. The highest BCUT2D eigenvalue weighted by Crippen LogP contribution is 2.57. The SMILES string of the molecule is CCCCOC(=O)CC1CC(CCC)(C(=O)NCc2ccc(Oc3ccccc3)cc2)C1CC(=O)O. The highest BCUT2D eigenvalue weighted by atomic mass is 16.5. The van der Waals surface area contributed by atoms with Gasteiger partial charge in [-0.15, -0.1) is 0 Å². The summed E-state index contributed by atoms with van der Waals surface area (Å²) in [5.74, 6) is -0.516. The first-order chi connectivity index (χ1) is 17.4. The van der Waals surface area contributed by atoms with Crippen LogP contribution in [-0.4, -0.2) is 29.6 Å². The van der Waals surface area contributed by atoms with E-state index in [1.54, 1.807) is 0 Å². The lowest BCUT2D eigenvalue weighted by Crippen LogP contribution is -2.57. The molecular weight excluding hydrogens is 458 g/mol. The van der Waals surface area contributed by atoms with Crippen molar-refractivity contribution in [3.8, 4) is 11.5 Å². The summed E-state index contributed by atoms with van der Waals surface area (Å²) in [7, 11) is 0. The van der Waals surface area contributed by atoms with Gasteiger partial charge in [-0.25, -0.2) is 0 Å². The minimum Gasteiger partial charge on any atom is -0.481 e. The van der Waals surface area contributed by atoms with Crippen molar-refractivity contribution in [3.63, 3.8) is 0 Å². The van der Waals surface area contributed by atoms with Crippen LogP contribution < -0.4 is 10.1 Å². The van der Waals surface area contributed by atoms with Crippen molar-refractivity contribution in [2.24, 2.45) is 17.3 Å². The number of hydrogen-bond donors (Lipinski definition) is 2. The van der Waals surface area contributed by atoms with Crippen LogP contribution in [0, 0.1) is 17.3 Å². The maximum atomic E-state index is 13.4. The molecule has 0 saturated heterocycles. The molecule has 1 aliphatic carbocycles. The fraction of sp³-hybridized carbons (Fsp3) is 0.483. The molecule has 3 rings (SSSR count). The Labute approximate surface area is 213 Å². The number of carbonyl (C=O) groups is 3. The molecule has 2 aromatic rings. The summed E-state index contributed by atoms with van der Waals surface area (Å²) in [6.07, 6.45) is 3.59. The van der Waals surface area contributed by atoms with Gasteiger partial charge in [0.05, 0.1) is 12.0 Å². The van der Waals surface area contributed by atoms with Gasteiger partial charge in [0.1, 0.15) is 11.5 Å². The molecule has 2 N–H and O–H groups in total. The Bertz CT molecular complexity index is 1010. The number of hydrogen-bond acceptors (Lipinski definition) is 5. The maximum Gasteiger partial charge on any atom is 0.306 e. The van der Waals surface area contributed by atoms with Gasteiger partial charge in [0, 0.05) is 19.4 Å². The summed E-state index contributed by atoms with van der Waals surface area (Å²) in [6, 6.07) is 17.0. The number of carboxylic acid groups (broad SMARTS) is 1. The quantitative estimate of drug-likeness (QED) is 0.256. The van der Waals surface area contributed by atoms with Gasteiger partial charge in [-0.1, -0.05) is 57.0 Å². The largest absolute Gasteiger partial charge is 0.481 e. The van der Waals surface area contributed by atoms with Crippen LogP contribution >= 0.6 is 0 Å². The summed E-state index contributed by atoms with van der Waals surface area (Å²) in [6.45, 7) is 4.72. The van der Waals surface area contributed by atoms with Crippen molar-refractivity contribution in [2.75, 3.05) is 6.61 Å². The Morgan fingerprint density at radius 3 is 2.31 bits per heavy atom. The van der Waals surface area contributed by atoms with E-state index < -0.39 is 17.3 Å². The number of nitrogens with one attached hydrogen (secondary N) is 1. The minimum atomic E-state index is -0.952. The first-order valence-corrected chi connectivity index (χ1v) is 12.9. The number of para-hydroxylation sites is 1. The van der Waals surface area contributed by atoms with Crippen molar-refractivity contribution >= 4 is 17.8 Å². The zero-order chi connectivity index (χ0) is 26.0. The average molecular weight is 496 g/mol. The van der Waals surface area contributed by atoms with Gasteiger partial charge >= 0.3 is 11.9 Å². The van der Waals surface area contributed by atoms with E-state index in [9.17, 15) is 19.5 Å². The predicted molar refractivity (Wildman–Crippen MR) is 136 cm³/mol. The molecule has 0 spiro atoms. The normalized spacial score (nSPS) is 20.7. The van der Waals surface area contributed by atoms with Gasteiger partial charge < -0.3 is 19.9 Å². The summed E-state index contributed by atoms with van der Waals surface area (Å²) >= 11 is 0. The van der Waals surface area contributed by atoms with Crippen LogP contribution in [0.25, 0.3) is 0 Å². The van der Waals surface area contributed by atoms with E-state index >= 15 is 0 Å². The number of ether oxygens (including phenoxy) is 2. The Hall–Kier alpha value is -3.35. The third-order valence-corrected chi connectivity index (χ3v) is 6.99. The zero-order valence-electron chi connectivity index (χ0n) is 21.2. The van der Waals surface area contributed by atoms with Gasteiger partial charge in [-0.3, -0.25) is 14.4 Å². The maximum absolute atomic E-state index is 13.4. The van der Waals surface area contributed by atoms with Crippen LogP contribution in [0.5, 0.6) is 11.5 Å². The average Bonchev–Trinajstić information content (AvgIpc) is 2.86. The lowest BCUT2D eigenvalue weighted by atomic mass is 9.49. The van der Waals surface area contributed by atoms with Crippen molar-refractivity contribution in [2.45, 2.75) is 65.3 Å². The second kappa shape index (κ2) is 13.1. The van der Waals surface area contributed by atoms with Crippen molar-refractivity contribution in [3.05, 3.63) is 60.2 Å². The highest BCUT2D eigenvalue weighted by Gasteiger charge is 2.58. The highest BCUT2D eigenvalue weighted by molar-refractivity contribution is 5.85. The van der Waals surface area contributed by atoms with Crippen LogP contribution in [0.3, 0.4) is 0 Å². The van der Waals surface area contributed by atoms with Crippen LogP contribution in [-0.2, 0) is 25.7 Å². The fourth-order valence-corrected chi connectivity index (χ4v) is 5.19. The molecule has 7 heteroatoms. The van der Waals surface area contributed by atoms with Gasteiger partial charge in [-0.2, -0.15) is 0 Å². The van der Waals surface area contributed by atoms with Crippen molar-refractivity contribution in [1.82, 2.24) is 5.32 Å². The molecule has 0 aliphatic heterocycles. The van der Waals surface area contributed by atoms with Gasteiger partial charge in [-0.05, 0) is 60.9 Å². The first kappa shape index (κ1) is 27.2. The van der Waals surface area contributed by atoms with Crippen LogP contribution in [0.2, 0.25) is 0 Å². The van der Waals surface area contributed by atoms with Gasteiger partial charge in [0.25, 0.3) is 0 Å². The second-order valence-corrected chi connectivity index (χ2v) is 9.59. The molecule has 3 unspecified atom stereocenters. The summed E-state index contributed by atoms with van der Waals surface area (Å²) in [4.78, 5) is 37.3. The molecule has 0 aromatic heterocycles. The standard InChI is InChI=1S/C29H37NO6/c1-3-5-16-35-27(33)17-22-19-29(15-4-2,25(22)18-26(31)32)28(34)30-20-21-11-13-24(14-12-21)36-23-9-7-6-8-10-23/h6-14,22,25H,3-5,15-20H2,1-2H3,(H,30,34)(H,31,32). The van der Waals surface area contributed by atoms with E-state index in [4.69, 9.17) is 9.47 Å². The van der Waals surface area contributed by atoms with Crippen LogP contribution in [0.1, 0.15) is 64.4 Å². The Kier molecular flexibility index (Phi) is 9.91. The molecule has 194 valence electrons. The van der Waals surface area contributed by atoms with E-state index in [1.165, 1.54) is 0 Å². The van der Waals surface area contributed by atoms with Gasteiger partial charge in [0.15, 0.2) is 0 Å². The number of carboxylic acids is 1. The lowest BCUT2D eigenvalue weighted by Gasteiger charge is -2.53. The number of benzene rings is 2. The molecule has 0 heterocycles. The predicted octanol–water partition coefficient (Wildman–Crippen LogP) is 5.73. The monoisotopic (exact) mass is 495 g/mol. The molecule has 1 fully saturated rings. The number of esters is 1. The van der Waals surface area contributed by atoms with Gasteiger partial charge in [0.2, 0.25) is 5.91 Å². The number of unbranched alkanes of at least 4 members (excludes halogenated alkanes) is 1. The number of aliphatic carboxylic acids is 1. The molecule has 36 heavy (non-hydrogen) atoms. The zero-order valence-corrected chi connectivity index (χ0v) is 21.2. The van der Waals surface area contributed by atoms with E-state index in [1.807, 2.05) is 68.4 Å². The molecule has 7 nitrogen and oxygen atoms in total. The smallest absolute Gasteiger partial charge is 0.306 e.